The molecule has 6 nitrogen and oxygen atoms in total. The summed E-state index contributed by atoms with van der Waals surface area (Å²) >= 11 is 0. The maximum atomic E-state index is 12.6. The van der Waals surface area contributed by atoms with Crippen LogP contribution >= 0.6 is 0 Å². The molecule has 30 heavy (non-hydrogen) atoms. The minimum Gasteiger partial charge on any atom is -0.496 e. The Morgan fingerprint density at radius 1 is 1.00 bits per heavy atom. The summed E-state index contributed by atoms with van der Waals surface area (Å²) in [4.78, 5) is 25.1. The van der Waals surface area contributed by atoms with Crippen molar-refractivity contribution in [3.63, 3.8) is 0 Å². The number of amides is 1. The van der Waals surface area contributed by atoms with Gasteiger partial charge in [-0.05, 0) is 44.0 Å². The van der Waals surface area contributed by atoms with Crippen molar-refractivity contribution >= 4 is 27.8 Å². The number of fused-ring (bicyclic) bond motifs is 2. The summed E-state index contributed by atoms with van der Waals surface area (Å²) in [5.41, 5.74) is 3.65. The number of hydrogen-bond acceptors (Lipinski definition) is 5. The predicted molar refractivity (Wildman–Crippen MR) is 115 cm³/mol. The molecule has 0 saturated carbocycles. The van der Waals surface area contributed by atoms with Crippen LogP contribution in [0.2, 0.25) is 0 Å². The number of para-hydroxylation sites is 1. The monoisotopic (exact) mass is 405 g/mol. The molecule has 0 atom stereocenters. The second-order valence-corrected chi connectivity index (χ2v) is 7.39. The first-order valence-corrected chi connectivity index (χ1v) is 9.73. The van der Waals surface area contributed by atoms with Gasteiger partial charge in [0.05, 0.1) is 19.1 Å². The first-order chi connectivity index (χ1) is 14.4. The fraction of sp³-hybridized carbons (Fsp3) is 0.250. The van der Waals surface area contributed by atoms with E-state index in [0.717, 1.165) is 33.2 Å². The second kappa shape index (κ2) is 7.71. The third-order valence-corrected chi connectivity index (χ3v) is 5.59. The van der Waals surface area contributed by atoms with Crippen molar-refractivity contribution < 1.29 is 18.4 Å². The van der Waals surface area contributed by atoms with E-state index in [-0.39, 0.29) is 12.3 Å². The van der Waals surface area contributed by atoms with Crippen molar-refractivity contribution in [2.75, 3.05) is 7.11 Å². The molecule has 4 aromatic rings. The molecule has 1 amide bonds. The van der Waals surface area contributed by atoms with E-state index in [9.17, 15) is 9.59 Å². The molecule has 0 spiro atoms. The van der Waals surface area contributed by atoms with Crippen LogP contribution in [0.4, 0.5) is 0 Å². The summed E-state index contributed by atoms with van der Waals surface area (Å²) in [6, 6.07) is 11.2. The standard InChI is InChI=1S/C24H23NO5/c1-13-15(3)29-21-11-22-18(9-17(13)21)14(2)19(24(27)30-22)10-23(26)25-12-16-7-5-6-8-20(16)28-4/h5-9,11H,10,12H2,1-4H3,(H,25,26). The lowest BCUT2D eigenvalue weighted by atomic mass is 10.0. The number of methoxy groups -OCH3 is 1. The normalized spacial score (nSPS) is 11.2. The quantitative estimate of drug-likeness (QED) is 0.500. The summed E-state index contributed by atoms with van der Waals surface area (Å²) in [5.74, 6) is 1.28. The molecule has 0 saturated heterocycles. The molecule has 6 heteroatoms. The maximum Gasteiger partial charge on any atom is 0.340 e. The Bertz CT molecular complexity index is 1330. The van der Waals surface area contributed by atoms with Crippen LogP contribution in [0.15, 0.2) is 50.0 Å². The Labute approximate surface area is 173 Å². The van der Waals surface area contributed by atoms with Crippen molar-refractivity contribution in [1.82, 2.24) is 5.32 Å². The van der Waals surface area contributed by atoms with Crippen LogP contribution in [0.1, 0.15) is 28.0 Å². The van der Waals surface area contributed by atoms with Crippen molar-refractivity contribution in [3.8, 4) is 5.75 Å². The Balaban J connectivity index is 1.63. The maximum absolute atomic E-state index is 12.6. The van der Waals surface area contributed by atoms with E-state index in [0.29, 0.717) is 29.0 Å². The molecule has 154 valence electrons. The Hall–Kier alpha value is -3.54. The predicted octanol–water partition coefficient (Wildman–Crippen LogP) is 4.33. The van der Waals surface area contributed by atoms with Crippen LogP contribution in [0.25, 0.3) is 21.9 Å². The molecule has 1 N–H and O–H groups in total. The molecule has 0 bridgehead atoms. The molecular weight excluding hydrogens is 382 g/mol. The highest BCUT2D eigenvalue weighted by molar-refractivity contribution is 5.97. The van der Waals surface area contributed by atoms with Gasteiger partial charge in [-0.3, -0.25) is 4.79 Å². The molecule has 0 fully saturated rings. The zero-order valence-corrected chi connectivity index (χ0v) is 17.4. The van der Waals surface area contributed by atoms with Gasteiger partial charge in [0.2, 0.25) is 5.91 Å². The van der Waals surface area contributed by atoms with Crippen LogP contribution in [-0.4, -0.2) is 13.0 Å². The zero-order chi connectivity index (χ0) is 21.4. The molecule has 2 aromatic heterocycles. The fourth-order valence-electron chi connectivity index (χ4n) is 3.70. The van der Waals surface area contributed by atoms with E-state index in [4.69, 9.17) is 13.6 Å². The molecule has 4 rings (SSSR count). The first kappa shape index (κ1) is 19.8. The molecule has 0 aliphatic carbocycles. The van der Waals surface area contributed by atoms with Gasteiger partial charge >= 0.3 is 5.63 Å². The van der Waals surface area contributed by atoms with Crippen molar-refractivity contribution in [2.45, 2.75) is 33.7 Å². The van der Waals surface area contributed by atoms with Crippen LogP contribution in [0.3, 0.4) is 0 Å². The van der Waals surface area contributed by atoms with Crippen molar-refractivity contribution in [3.05, 3.63) is 74.8 Å². The fourth-order valence-corrected chi connectivity index (χ4v) is 3.70. The molecular formula is C24H23NO5. The molecule has 0 aliphatic heterocycles. The highest BCUT2D eigenvalue weighted by Gasteiger charge is 2.17. The van der Waals surface area contributed by atoms with Crippen molar-refractivity contribution in [2.24, 2.45) is 0 Å². The number of aryl methyl sites for hydroxylation is 3. The Morgan fingerprint density at radius 2 is 1.70 bits per heavy atom. The summed E-state index contributed by atoms with van der Waals surface area (Å²) < 4.78 is 16.6. The zero-order valence-electron chi connectivity index (χ0n) is 17.4. The second-order valence-electron chi connectivity index (χ2n) is 7.39. The smallest absolute Gasteiger partial charge is 0.340 e. The van der Waals surface area contributed by atoms with Gasteiger partial charge in [-0.1, -0.05) is 18.2 Å². The number of carbonyl (C=O) groups is 1. The Morgan fingerprint density at radius 3 is 2.47 bits per heavy atom. The largest absolute Gasteiger partial charge is 0.496 e. The lowest BCUT2D eigenvalue weighted by molar-refractivity contribution is -0.120. The van der Waals surface area contributed by atoms with Gasteiger partial charge in [0.1, 0.15) is 22.7 Å². The van der Waals surface area contributed by atoms with E-state index in [1.54, 1.807) is 13.2 Å². The SMILES string of the molecule is COc1ccccc1CNC(=O)Cc1c(C)c2cc3c(C)c(C)oc3cc2oc1=O. The van der Waals surface area contributed by atoms with Gasteiger partial charge in [0, 0.05) is 28.9 Å². The molecule has 0 aliphatic rings. The van der Waals surface area contributed by atoms with E-state index in [1.807, 2.05) is 51.1 Å². The number of rotatable bonds is 5. The van der Waals surface area contributed by atoms with Gasteiger partial charge in [-0.2, -0.15) is 0 Å². The van der Waals surface area contributed by atoms with Gasteiger partial charge in [-0.25, -0.2) is 4.79 Å². The highest BCUT2D eigenvalue weighted by atomic mass is 16.5. The molecule has 0 radical (unpaired) electrons. The van der Waals surface area contributed by atoms with E-state index in [1.165, 1.54) is 0 Å². The van der Waals surface area contributed by atoms with Gasteiger partial charge in [0.25, 0.3) is 0 Å². The third-order valence-electron chi connectivity index (χ3n) is 5.59. The topological polar surface area (TPSA) is 81.7 Å². The average molecular weight is 405 g/mol. The van der Waals surface area contributed by atoms with Gasteiger partial charge < -0.3 is 18.9 Å². The Kier molecular flexibility index (Phi) is 5.08. The minimum atomic E-state index is -0.508. The minimum absolute atomic E-state index is 0.0549. The van der Waals surface area contributed by atoms with Crippen LogP contribution in [0.5, 0.6) is 5.75 Å². The van der Waals surface area contributed by atoms with Crippen LogP contribution in [-0.2, 0) is 17.8 Å². The van der Waals surface area contributed by atoms with Crippen LogP contribution in [0, 0.1) is 20.8 Å². The number of ether oxygens (including phenoxy) is 1. The van der Waals surface area contributed by atoms with E-state index in [2.05, 4.69) is 5.32 Å². The van der Waals surface area contributed by atoms with Gasteiger partial charge in [0.15, 0.2) is 0 Å². The lowest BCUT2D eigenvalue weighted by Gasteiger charge is -2.11. The number of benzene rings is 2. The third kappa shape index (κ3) is 3.45. The molecule has 0 unspecified atom stereocenters. The molecule has 2 aromatic carbocycles. The van der Waals surface area contributed by atoms with Gasteiger partial charge in [-0.15, -0.1) is 0 Å². The number of furan rings is 1. The number of nitrogens with one attached hydrogen (secondary N) is 1. The summed E-state index contributed by atoms with van der Waals surface area (Å²) in [6.45, 7) is 6.05. The molecule has 2 heterocycles. The summed E-state index contributed by atoms with van der Waals surface area (Å²) in [7, 11) is 1.59. The van der Waals surface area contributed by atoms with Crippen molar-refractivity contribution in [1.29, 1.82) is 0 Å². The highest BCUT2D eigenvalue weighted by Crippen LogP contribution is 2.31. The number of carbonyl (C=O) groups excluding carboxylic acids is 1. The van der Waals surface area contributed by atoms with E-state index >= 15 is 0 Å². The van der Waals surface area contributed by atoms with Crippen LogP contribution < -0.4 is 15.7 Å². The number of hydrogen-bond donors (Lipinski definition) is 1. The summed E-state index contributed by atoms with van der Waals surface area (Å²) in [6.07, 6.45) is -0.0549. The van der Waals surface area contributed by atoms with E-state index < -0.39 is 5.63 Å². The summed E-state index contributed by atoms with van der Waals surface area (Å²) in [5, 5.41) is 4.63. The lowest BCUT2D eigenvalue weighted by Crippen LogP contribution is -2.27. The first-order valence-electron chi connectivity index (χ1n) is 9.73. The average Bonchev–Trinajstić information content (AvgIpc) is 3.01.